The van der Waals surface area contributed by atoms with Crippen LogP contribution in [-0.2, 0) is 0 Å². The van der Waals surface area contributed by atoms with E-state index in [1.165, 1.54) is 0 Å². The van der Waals surface area contributed by atoms with Crippen LogP contribution in [0.3, 0.4) is 0 Å². The fraction of sp³-hybridized carbons (Fsp3) is 0.0909. The maximum absolute atomic E-state index is 5.49. The third-order valence-corrected chi connectivity index (χ3v) is 4.97. The van der Waals surface area contributed by atoms with Crippen molar-refractivity contribution in [1.29, 1.82) is 0 Å². The molecule has 0 saturated carbocycles. The summed E-state index contributed by atoms with van der Waals surface area (Å²) >= 11 is 0. The van der Waals surface area contributed by atoms with Crippen LogP contribution in [0.1, 0.15) is 11.1 Å². The molecule has 5 aromatic rings. The Morgan fingerprint density at radius 3 is 2.76 bits per heavy atom. The number of nitrogens with one attached hydrogen (secondary N) is 2. The van der Waals surface area contributed by atoms with E-state index in [0.717, 1.165) is 44.1 Å². The lowest BCUT2D eigenvalue weighted by Crippen LogP contribution is -2.00. The Bertz CT molecular complexity index is 1390. The van der Waals surface area contributed by atoms with Crippen molar-refractivity contribution in [2.24, 2.45) is 5.10 Å². The fourth-order valence-corrected chi connectivity index (χ4v) is 3.53. The Balaban J connectivity index is 1.49. The van der Waals surface area contributed by atoms with Gasteiger partial charge in [0.1, 0.15) is 11.3 Å². The average Bonchev–Trinajstić information content (AvgIpc) is 3.13. The number of hydrazone groups is 1. The van der Waals surface area contributed by atoms with Crippen LogP contribution in [0.25, 0.3) is 32.8 Å². The molecule has 0 radical (unpaired) electrons. The summed E-state index contributed by atoms with van der Waals surface area (Å²) in [4.78, 5) is 7.82. The summed E-state index contributed by atoms with van der Waals surface area (Å²) < 4.78 is 5.49. The molecule has 3 aromatic carbocycles. The third kappa shape index (κ3) is 2.93. The Hall–Kier alpha value is -4.00. The molecule has 2 N–H and O–H groups in total. The van der Waals surface area contributed by atoms with Gasteiger partial charge in [0, 0.05) is 10.9 Å². The molecule has 0 fully saturated rings. The van der Waals surface area contributed by atoms with Gasteiger partial charge < -0.3 is 9.72 Å². The highest BCUT2D eigenvalue weighted by atomic mass is 16.5. The van der Waals surface area contributed by atoms with E-state index in [-0.39, 0.29) is 0 Å². The van der Waals surface area contributed by atoms with Gasteiger partial charge in [0.15, 0.2) is 5.65 Å². The molecule has 142 valence electrons. The first-order valence-electron chi connectivity index (χ1n) is 9.21. The summed E-state index contributed by atoms with van der Waals surface area (Å²) in [6, 6.07) is 18.1. The van der Waals surface area contributed by atoms with E-state index in [4.69, 9.17) is 4.74 Å². The Morgan fingerprint density at radius 2 is 1.86 bits per heavy atom. The van der Waals surface area contributed by atoms with E-state index < -0.39 is 0 Å². The number of fused-ring (bicyclic) bond motifs is 4. The van der Waals surface area contributed by atoms with Crippen LogP contribution in [-0.4, -0.2) is 33.5 Å². The predicted molar refractivity (Wildman–Crippen MR) is 116 cm³/mol. The second-order valence-corrected chi connectivity index (χ2v) is 6.73. The molecule has 0 aliphatic heterocycles. The van der Waals surface area contributed by atoms with Gasteiger partial charge in [-0.25, -0.2) is 5.43 Å². The number of aromatic amines is 1. The number of aryl methyl sites for hydroxylation is 1. The second-order valence-electron chi connectivity index (χ2n) is 6.73. The maximum Gasteiger partial charge on any atom is 0.265 e. The molecule has 0 unspecified atom stereocenters. The number of anilines is 1. The molecule has 7 heteroatoms. The van der Waals surface area contributed by atoms with Crippen LogP contribution in [0, 0.1) is 6.92 Å². The van der Waals surface area contributed by atoms with Crippen molar-refractivity contribution in [1.82, 2.24) is 20.2 Å². The fourth-order valence-electron chi connectivity index (χ4n) is 3.53. The molecule has 29 heavy (non-hydrogen) atoms. The van der Waals surface area contributed by atoms with Crippen molar-refractivity contribution in [3.05, 3.63) is 65.7 Å². The summed E-state index contributed by atoms with van der Waals surface area (Å²) in [5, 5.41) is 16.0. The van der Waals surface area contributed by atoms with Crippen LogP contribution in [0.5, 0.6) is 5.75 Å². The number of para-hydroxylation sites is 1. The monoisotopic (exact) mass is 382 g/mol. The van der Waals surface area contributed by atoms with E-state index in [1.807, 2.05) is 55.5 Å². The molecule has 2 aromatic heterocycles. The van der Waals surface area contributed by atoms with Gasteiger partial charge in [-0.1, -0.05) is 48.5 Å². The molecule has 7 nitrogen and oxygen atoms in total. The van der Waals surface area contributed by atoms with Gasteiger partial charge in [0.05, 0.1) is 18.8 Å². The zero-order valence-corrected chi connectivity index (χ0v) is 16.0. The summed E-state index contributed by atoms with van der Waals surface area (Å²) in [7, 11) is 1.65. The Kier molecular flexibility index (Phi) is 4.05. The van der Waals surface area contributed by atoms with Gasteiger partial charge >= 0.3 is 0 Å². The maximum atomic E-state index is 5.49. The molecular formula is C22H18N6O. The average molecular weight is 382 g/mol. The smallest absolute Gasteiger partial charge is 0.265 e. The summed E-state index contributed by atoms with van der Waals surface area (Å²) in [6.07, 6.45) is 1.71. The minimum atomic E-state index is 0.317. The van der Waals surface area contributed by atoms with Crippen molar-refractivity contribution in [2.75, 3.05) is 12.5 Å². The predicted octanol–water partition coefficient (Wildman–Crippen LogP) is 4.42. The highest BCUT2D eigenvalue weighted by molar-refractivity contribution is 6.04. The van der Waals surface area contributed by atoms with E-state index >= 15 is 0 Å². The number of methoxy groups -OCH3 is 1. The molecule has 0 aliphatic carbocycles. The SMILES string of the molecule is COc1ccc2ccccc2c1/C=N\Nc1nnc2c(n1)[nH]c1c(C)cccc12. The van der Waals surface area contributed by atoms with Gasteiger partial charge in [-0.2, -0.15) is 10.1 Å². The Labute approximate surface area is 166 Å². The van der Waals surface area contributed by atoms with E-state index in [1.54, 1.807) is 13.3 Å². The first-order valence-corrected chi connectivity index (χ1v) is 9.21. The number of nitrogens with zero attached hydrogens (tertiary/aromatic N) is 4. The first kappa shape index (κ1) is 17.1. The quantitative estimate of drug-likeness (QED) is 0.355. The lowest BCUT2D eigenvalue weighted by molar-refractivity contribution is 0.415. The number of rotatable bonds is 4. The molecule has 5 rings (SSSR count). The number of aromatic nitrogens is 4. The van der Waals surface area contributed by atoms with Crippen LogP contribution >= 0.6 is 0 Å². The van der Waals surface area contributed by atoms with Crippen molar-refractivity contribution in [3.63, 3.8) is 0 Å². The molecular weight excluding hydrogens is 364 g/mol. The van der Waals surface area contributed by atoms with E-state index in [9.17, 15) is 0 Å². The van der Waals surface area contributed by atoms with Crippen LogP contribution < -0.4 is 10.2 Å². The number of benzene rings is 3. The largest absolute Gasteiger partial charge is 0.496 e. The highest BCUT2D eigenvalue weighted by Gasteiger charge is 2.10. The second kappa shape index (κ2) is 6.87. The molecule has 0 atom stereocenters. The van der Waals surface area contributed by atoms with Gasteiger partial charge in [-0.05, 0) is 29.3 Å². The topological polar surface area (TPSA) is 88.1 Å². The zero-order chi connectivity index (χ0) is 19.8. The van der Waals surface area contributed by atoms with Gasteiger partial charge in [-0.3, -0.25) is 0 Å². The molecule has 0 amide bonds. The molecule has 0 bridgehead atoms. The van der Waals surface area contributed by atoms with Crippen LogP contribution in [0.4, 0.5) is 5.95 Å². The first-order chi connectivity index (χ1) is 14.2. The van der Waals surface area contributed by atoms with Crippen molar-refractivity contribution in [2.45, 2.75) is 6.92 Å². The van der Waals surface area contributed by atoms with E-state index in [2.05, 4.69) is 36.8 Å². The normalized spacial score (nSPS) is 11.7. The minimum absolute atomic E-state index is 0.317. The molecule has 2 heterocycles. The summed E-state index contributed by atoms with van der Waals surface area (Å²) in [6.45, 7) is 2.05. The van der Waals surface area contributed by atoms with Crippen molar-refractivity contribution >= 4 is 45.0 Å². The molecule has 0 saturated heterocycles. The van der Waals surface area contributed by atoms with Crippen LogP contribution in [0.2, 0.25) is 0 Å². The summed E-state index contributed by atoms with van der Waals surface area (Å²) in [5.74, 6) is 1.06. The molecule has 0 aliphatic rings. The number of ether oxygens (including phenoxy) is 1. The third-order valence-electron chi connectivity index (χ3n) is 4.97. The minimum Gasteiger partial charge on any atom is -0.496 e. The number of hydrogen-bond donors (Lipinski definition) is 2. The molecule has 0 spiro atoms. The lowest BCUT2D eigenvalue weighted by Gasteiger charge is -2.08. The van der Waals surface area contributed by atoms with Crippen molar-refractivity contribution in [3.8, 4) is 5.75 Å². The number of H-pyrrole nitrogens is 1. The van der Waals surface area contributed by atoms with Crippen LogP contribution in [0.15, 0.2) is 59.7 Å². The van der Waals surface area contributed by atoms with Gasteiger partial charge in [-0.15, -0.1) is 10.2 Å². The lowest BCUT2D eigenvalue weighted by atomic mass is 10.0. The standard InChI is InChI=1S/C22H18N6O/c1-13-6-5-9-16-19(13)24-21-20(16)26-28-22(25-21)27-23-12-17-15-8-4-3-7-14(15)10-11-18(17)29-2/h3-12H,1-2H3,(H2,24,25,27,28)/b23-12-. The van der Waals surface area contributed by atoms with Gasteiger partial charge in [0.25, 0.3) is 5.95 Å². The van der Waals surface area contributed by atoms with Crippen molar-refractivity contribution < 1.29 is 4.74 Å². The number of hydrogen-bond acceptors (Lipinski definition) is 6. The van der Waals surface area contributed by atoms with E-state index in [0.29, 0.717) is 11.6 Å². The van der Waals surface area contributed by atoms with Gasteiger partial charge in [0.2, 0.25) is 0 Å². The highest BCUT2D eigenvalue weighted by Crippen LogP contribution is 2.27. The zero-order valence-electron chi connectivity index (χ0n) is 16.0. The Morgan fingerprint density at radius 1 is 1.00 bits per heavy atom. The summed E-state index contributed by atoms with van der Waals surface area (Å²) in [5.41, 5.74) is 7.32.